The van der Waals surface area contributed by atoms with Crippen LogP contribution in [0.4, 0.5) is 10.3 Å². The van der Waals surface area contributed by atoms with Crippen molar-refractivity contribution in [3.05, 3.63) is 53.6 Å². The molecule has 24 heavy (non-hydrogen) atoms. The van der Waals surface area contributed by atoms with Gasteiger partial charge in [0.15, 0.2) is 0 Å². The molecule has 2 aliphatic rings. The van der Waals surface area contributed by atoms with E-state index in [1.165, 1.54) is 17.7 Å². The quantitative estimate of drug-likeness (QED) is 0.862. The lowest BCUT2D eigenvalue weighted by molar-refractivity contribution is 0.0816. The van der Waals surface area contributed by atoms with E-state index in [0.717, 1.165) is 57.3 Å². The van der Waals surface area contributed by atoms with Crippen molar-refractivity contribution in [1.82, 2.24) is 14.9 Å². The van der Waals surface area contributed by atoms with Crippen molar-refractivity contribution in [2.75, 3.05) is 37.7 Å². The molecule has 0 unspecified atom stereocenters. The van der Waals surface area contributed by atoms with Gasteiger partial charge in [-0.15, -0.1) is 0 Å². The van der Waals surface area contributed by atoms with E-state index in [1.807, 2.05) is 24.5 Å². The summed E-state index contributed by atoms with van der Waals surface area (Å²) >= 11 is 0. The third-order valence-electron chi connectivity index (χ3n) is 4.76. The van der Waals surface area contributed by atoms with Crippen molar-refractivity contribution in [3.8, 4) is 0 Å². The lowest BCUT2D eigenvalue weighted by atomic mass is 9.94. The van der Waals surface area contributed by atoms with Crippen molar-refractivity contribution in [2.24, 2.45) is 0 Å². The van der Waals surface area contributed by atoms with Gasteiger partial charge in [0.05, 0.1) is 13.2 Å². The average Bonchev–Trinajstić information content (AvgIpc) is 2.62. The summed E-state index contributed by atoms with van der Waals surface area (Å²) in [5.74, 6) is 0.595. The van der Waals surface area contributed by atoms with Crippen LogP contribution in [-0.2, 0) is 11.3 Å². The van der Waals surface area contributed by atoms with Crippen molar-refractivity contribution in [2.45, 2.75) is 19.0 Å². The zero-order valence-corrected chi connectivity index (χ0v) is 13.6. The summed E-state index contributed by atoms with van der Waals surface area (Å²) in [6.45, 7) is 5.03. The summed E-state index contributed by atoms with van der Waals surface area (Å²) in [6, 6.07) is 7.19. The first-order valence-electron chi connectivity index (χ1n) is 8.43. The number of hydrogen-bond acceptors (Lipinski definition) is 5. The highest BCUT2D eigenvalue weighted by Gasteiger charge is 2.29. The molecule has 0 saturated carbocycles. The van der Waals surface area contributed by atoms with E-state index in [-0.39, 0.29) is 5.82 Å². The van der Waals surface area contributed by atoms with Crippen LogP contribution in [0.25, 0.3) is 0 Å². The second-order valence-electron chi connectivity index (χ2n) is 6.32. The molecule has 1 aromatic heterocycles. The van der Waals surface area contributed by atoms with Crippen LogP contribution in [0.15, 0.2) is 36.7 Å². The van der Waals surface area contributed by atoms with Crippen molar-refractivity contribution >= 4 is 5.95 Å². The van der Waals surface area contributed by atoms with Crippen molar-refractivity contribution in [3.63, 3.8) is 0 Å². The molecule has 1 atom stereocenters. The molecule has 6 heteroatoms. The molecule has 2 aromatic rings. The fraction of sp³-hybridized carbons (Fsp3) is 0.444. The number of anilines is 1. The highest BCUT2D eigenvalue weighted by Crippen LogP contribution is 2.34. The Morgan fingerprint density at radius 3 is 2.38 bits per heavy atom. The lowest BCUT2D eigenvalue weighted by Crippen LogP contribution is -2.40. The highest BCUT2D eigenvalue weighted by atomic mass is 19.1. The second kappa shape index (κ2) is 6.83. The molecule has 3 heterocycles. The van der Waals surface area contributed by atoms with E-state index in [1.54, 1.807) is 0 Å². The average molecular weight is 328 g/mol. The molecule has 0 aliphatic carbocycles. The first-order valence-corrected chi connectivity index (χ1v) is 8.43. The van der Waals surface area contributed by atoms with E-state index in [2.05, 4.69) is 19.8 Å². The molecule has 1 aromatic carbocycles. The van der Waals surface area contributed by atoms with Gasteiger partial charge in [-0.05, 0) is 24.1 Å². The maximum atomic E-state index is 13.1. The summed E-state index contributed by atoms with van der Waals surface area (Å²) in [4.78, 5) is 13.5. The Morgan fingerprint density at radius 1 is 1.04 bits per heavy atom. The molecule has 0 amide bonds. The predicted molar refractivity (Wildman–Crippen MR) is 89.2 cm³/mol. The van der Waals surface area contributed by atoms with Crippen LogP contribution in [0.1, 0.15) is 23.6 Å². The molecule has 0 spiro atoms. The van der Waals surface area contributed by atoms with Gasteiger partial charge in [0.1, 0.15) is 5.82 Å². The molecule has 126 valence electrons. The van der Waals surface area contributed by atoms with Gasteiger partial charge in [0, 0.05) is 50.2 Å². The minimum atomic E-state index is -0.184. The molecule has 2 aliphatic heterocycles. The summed E-state index contributed by atoms with van der Waals surface area (Å²) in [5.41, 5.74) is 2.28. The van der Waals surface area contributed by atoms with Crippen LogP contribution in [-0.4, -0.2) is 47.7 Å². The largest absolute Gasteiger partial charge is 0.378 e. The second-order valence-corrected chi connectivity index (χ2v) is 6.32. The molecule has 0 N–H and O–H groups in total. The molecule has 5 nitrogen and oxygen atoms in total. The van der Waals surface area contributed by atoms with Crippen LogP contribution in [0.2, 0.25) is 0 Å². The van der Waals surface area contributed by atoms with Gasteiger partial charge in [-0.3, -0.25) is 4.90 Å². The van der Waals surface area contributed by atoms with E-state index < -0.39 is 0 Å². The monoisotopic (exact) mass is 328 g/mol. The van der Waals surface area contributed by atoms with Crippen LogP contribution < -0.4 is 4.90 Å². The van der Waals surface area contributed by atoms with Gasteiger partial charge in [-0.1, -0.05) is 12.1 Å². The normalized spacial score (nSPS) is 21.5. The number of likely N-dealkylation sites (tertiary alicyclic amines) is 1. The minimum absolute atomic E-state index is 0.184. The third kappa shape index (κ3) is 3.25. The van der Waals surface area contributed by atoms with Crippen LogP contribution in [0.3, 0.4) is 0 Å². The van der Waals surface area contributed by atoms with Gasteiger partial charge in [0.25, 0.3) is 0 Å². The summed E-state index contributed by atoms with van der Waals surface area (Å²) in [7, 11) is 0. The fourth-order valence-corrected chi connectivity index (χ4v) is 3.28. The molecular formula is C18H21FN4O. The summed E-state index contributed by atoms with van der Waals surface area (Å²) in [6.07, 6.45) is 4.94. The maximum Gasteiger partial charge on any atom is 0.225 e. The first kappa shape index (κ1) is 15.5. The molecule has 2 fully saturated rings. The number of halogens is 1. The lowest BCUT2D eigenvalue weighted by Gasteiger charge is -2.41. The number of nitrogens with zero attached hydrogens (tertiary/aromatic N) is 4. The Kier molecular flexibility index (Phi) is 4.40. The summed E-state index contributed by atoms with van der Waals surface area (Å²) < 4.78 is 18.4. The van der Waals surface area contributed by atoms with E-state index in [9.17, 15) is 4.39 Å². The molecule has 0 bridgehead atoms. The van der Waals surface area contributed by atoms with Gasteiger partial charge < -0.3 is 9.64 Å². The van der Waals surface area contributed by atoms with Crippen LogP contribution >= 0.6 is 0 Å². The fourth-order valence-electron chi connectivity index (χ4n) is 3.28. The number of ether oxygens (including phenoxy) is 1. The standard InChI is InChI=1S/C18H21FN4O/c19-16-3-1-15(2-4-16)17-5-6-23(17)13-14-11-20-18(21-12-14)22-7-9-24-10-8-22/h1-4,11-12,17H,5-10,13H2/t17-/m1/s1. The molecular weight excluding hydrogens is 307 g/mol. The zero-order valence-electron chi connectivity index (χ0n) is 13.6. The van der Waals surface area contributed by atoms with E-state index >= 15 is 0 Å². The summed E-state index contributed by atoms with van der Waals surface area (Å²) in [5, 5.41) is 0. The van der Waals surface area contributed by atoms with Crippen LogP contribution in [0.5, 0.6) is 0 Å². The van der Waals surface area contributed by atoms with Gasteiger partial charge in [0.2, 0.25) is 5.95 Å². The Morgan fingerprint density at radius 2 is 1.75 bits per heavy atom. The Bertz CT molecular complexity index is 670. The van der Waals surface area contributed by atoms with Crippen molar-refractivity contribution < 1.29 is 9.13 Å². The SMILES string of the molecule is Fc1ccc([C@H]2CCN2Cc2cnc(N3CCOCC3)nc2)cc1. The maximum absolute atomic E-state index is 13.1. The topological polar surface area (TPSA) is 41.5 Å². The minimum Gasteiger partial charge on any atom is -0.378 e. The van der Waals surface area contributed by atoms with Crippen molar-refractivity contribution in [1.29, 1.82) is 0 Å². The smallest absolute Gasteiger partial charge is 0.225 e. The first-order chi connectivity index (χ1) is 11.8. The Hall–Kier alpha value is -2.05. The highest BCUT2D eigenvalue weighted by molar-refractivity contribution is 5.30. The Labute approximate surface area is 141 Å². The Balaban J connectivity index is 1.39. The van der Waals surface area contributed by atoms with Gasteiger partial charge in [-0.25, -0.2) is 14.4 Å². The number of benzene rings is 1. The number of rotatable bonds is 4. The number of morpholine rings is 1. The van der Waals surface area contributed by atoms with Gasteiger partial charge >= 0.3 is 0 Å². The molecule has 4 rings (SSSR count). The molecule has 0 radical (unpaired) electrons. The molecule has 2 saturated heterocycles. The van der Waals surface area contributed by atoms with Crippen LogP contribution in [0, 0.1) is 5.82 Å². The third-order valence-corrected chi connectivity index (χ3v) is 4.76. The van der Waals surface area contributed by atoms with Gasteiger partial charge in [-0.2, -0.15) is 0 Å². The predicted octanol–water partition coefficient (Wildman–Crippen LogP) is 2.40. The number of aromatic nitrogens is 2. The number of hydrogen-bond donors (Lipinski definition) is 0. The van der Waals surface area contributed by atoms with E-state index in [0.29, 0.717) is 6.04 Å². The van der Waals surface area contributed by atoms with E-state index in [4.69, 9.17) is 4.74 Å². The zero-order chi connectivity index (χ0) is 16.4.